The summed E-state index contributed by atoms with van der Waals surface area (Å²) in [7, 11) is 1.82. The molecule has 0 amide bonds. The number of unbranched alkanes of at least 4 members (excludes halogenated alkanes) is 1. The van der Waals surface area contributed by atoms with E-state index < -0.39 is 0 Å². The lowest BCUT2D eigenvalue weighted by molar-refractivity contribution is 0.443. The molecule has 1 rings (SSSR count). The van der Waals surface area contributed by atoms with Gasteiger partial charge in [-0.15, -0.1) is 24.0 Å². The van der Waals surface area contributed by atoms with E-state index in [-0.39, 0.29) is 24.0 Å². The highest BCUT2D eigenvalue weighted by atomic mass is 127. The highest BCUT2D eigenvalue weighted by Crippen LogP contribution is 2.10. The van der Waals surface area contributed by atoms with Gasteiger partial charge >= 0.3 is 0 Å². The second-order valence-corrected chi connectivity index (χ2v) is 5.10. The van der Waals surface area contributed by atoms with Crippen LogP contribution < -0.4 is 10.6 Å². The normalized spacial score (nSPS) is 12.6. The Kier molecular flexibility index (Phi) is 12.4. The topological polar surface area (TPSA) is 54.2 Å². The quantitative estimate of drug-likeness (QED) is 0.376. The van der Waals surface area contributed by atoms with Crippen LogP contribution in [-0.4, -0.2) is 35.6 Å². The zero-order valence-corrected chi connectivity index (χ0v) is 15.8. The zero-order valence-electron chi connectivity index (χ0n) is 13.5. The molecule has 1 aromatic heterocycles. The van der Waals surface area contributed by atoms with E-state index in [0.717, 1.165) is 31.5 Å². The standard InChI is InChI=1S/C15H29N5.HI/c1-4-6-7-14(5-2)12-19-15(16-3)18-9-11-20-10-8-17-13-20;/h8,10,13-14H,4-7,9,11-12H2,1-3H3,(H2,16,18,19);1H. The van der Waals surface area contributed by atoms with Crippen molar-refractivity contribution in [2.45, 2.75) is 46.1 Å². The van der Waals surface area contributed by atoms with E-state index in [1.54, 1.807) is 6.20 Å². The van der Waals surface area contributed by atoms with Crippen molar-refractivity contribution in [1.29, 1.82) is 0 Å². The summed E-state index contributed by atoms with van der Waals surface area (Å²) in [5, 5.41) is 6.76. The summed E-state index contributed by atoms with van der Waals surface area (Å²) in [6, 6.07) is 0. The lowest BCUT2D eigenvalue weighted by atomic mass is 9.99. The van der Waals surface area contributed by atoms with Crippen molar-refractivity contribution in [1.82, 2.24) is 20.2 Å². The fourth-order valence-corrected chi connectivity index (χ4v) is 2.13. The monoisotopic (exact) mass is 407 g/mol. The fraction of sp³-hybridized carbons (Fsp3) is 0.733. The van der Waals surface area contributed by atoms with Crippen molar-refractivity contribution in [2.24, 2.45) is 10.9 Å². The molecule has 0 saturated carbocycles. The van der Waals surface area contributed by atoms with E-state index in [4.69, 9.17) is 0 Å². The minimum absolute atomic E-state index is 0. The van der Waals surface area contributed by atoms with Crippen LogP contribution in [0.2, 0.25) is 0 Å². The Bertz CT molecular complexity index is 364. The number of rotatable bonds is 9. The van der Waals surface area contributed by atoms with E-state index in [2.05, 4.69) is 39.0 Å². The summed E-state index contributed by atoms with van der Waals surface area (Å²) in [6.45, 7) is 7.25. The number of aliphatic imine (C=N–C) groups is 1. The molecule has 1 atom stereocenters. The van der Waals surface area contributed by atoms with Gasteiger partial charge < -0.3 is 15.2 Å². The Morgan fingerprint density at radius 3 is 2.71 bits per heavy atom. The SMILES string of the molecule is CCCCC(CC)CNC(=NC)NCCn1ccnc1.I. The molecule has 0 bridgehead atoms. The lowest BCUT2D eigenvalue weighted by Crippen LogP contribution is -2.40. The van der Waals surface area contributed by atoms with Gasteiger partial charge in [0.2, 0.25) is 0 Å². The zero-order chi connectivity index (χ0) is 14.6. The molecule has 0 aliphatic heterocycles. The molecule has 122 valence electrons. The second kappa shape index (κ2) is 12.9. The van der Waals surface area contributed by atoms with Crippen molar-refractivity contribution in [3.05, 3.63) is 18.7 Å². The third-order valence-corrected chi connectivity index (χ3v) is 3.55. The fourth-order valence-electron chi connectivity index (χ4n) is 2.13. The van der Waals surface area contributed by atoms with Gasteiger partial charge in [0, 0.05) is 39.1 Å². The maximum Gasteiger partial charge on any atom is 0.191 e. The first-order valence-corrected chi connectivity index (χ1v) is 7.70. The summed E-state index contributed by atoms with van der Waals surface area (Å²) in [4.78, 5) is 8.29. The first kappa shape index (κ1) is 20.2. The average Bonchev–Trinajstić information content (AvgIpc) is 2.98. The summed E-state index contributed by atoms with van der Waals surface area (Å²) >= 11 is 0. The van der Waals surface area contributed by atoms with Gasteiger partial charge in [-0.1, -0.05) is 33.1 Å². The van der Waals surface area contributed by atoms with Crippen molar-refractivity contribution in [3.63, 3.8) is 0 Å². The summed E-state index contributed by atoms with van der Waals surface area (Å²) in [5.41, 5.74) is 0. The maximum absolute atomic E-state index is 4.26. The Morgan fingerprint density at radius 2 is 2.14 bits per heavy atom. The molecule has 0 aliphatic rings. The molecule has 0 saturated heterocycles. The number of aromatic nitrogens is 2. The van der Waals surface area contributed by atoms with Gasteiger partial charge in [-0.3, -0.25) is 4.99 Å². The highest BCUT2D eigenvalue weighted by Gasteiger charge is 2.06. The molecule has 2 N–H and O–H groups in total. The molecule has 6 heteroatoms. The van der Waals surface area contributed by atoms with Crippen LogP contribution in [-0.2, 0) is 6.54 Å². The summed E-state index contributed by atoms with van der Waals surface area (Å²) in [6.07, 6.45) is 10.7. The number of hydrogen-bond donors (Lipinski definition) is 2. The Labute approximate surface area is 146 Å². The molecule has 1 unspecified atom stereocenters. The van der Waals surface area contributed by atoms with Crippen LogP contribution in [0.1, 0.15) is 39.5 Å². The minimum atomic E-state index is 0. The number of imidazole rings is 1. The van der Waals surface area contributed by atoms with Crippen LogP contribution in [0.3, 0.4) is 0 Å². The molecule has 0 aliphatic carbocycles. The molecule has 21 heavy (non-hydrogen) atoms. The third kappa shape index (κ3) is 8.95. The van der Waals surface area contributed by atoms with Crippen LogP contribution in [0.4, 0.5) is 0 Å². The Balaban J connectivity index is 0.00000400. The number of nitrogens with one attached hydrogen (secondary N) is 2. The van der Waals surface area contributed by atoms with E-state index in [0.29, 0.717) is 0 Å². The summed E-state index contributed by atoms with van der Waals surface area (Å²) < 4.78 is 2.05. The first-order valence-electron chi connectivity index (χ1n) is 7.70. The van der Waals surface area contributed by atoms with Gasteiger partial charge in [0.25, 0.3) is 0 Å². The Morgan fingerprint density at radius 1 is 1.33 bits per heavy atom. The molecule has 5 nitrogen and oxygen atoms in total. The Hall–Kier alpha value is -0.790. The van der Waals surface area contributed by atoms with Gasteiger partial charge in [-0.25, -0.2) is 4.98 Å². The number of guanidine groups is 1. The summed E-state index contributed by atoms with van der Waals surface area (Å²) in [5.74, 6) is 1.63. The molecule has 0 radical (unpaired) electrons. The average molecular weight is 407 g/mol. The molecule has 1 aromatic rings. The second-order valence-electron chi connectivity index (χ2n) is 5.10. The van der Waals surface area contributed by atoms with E-state index in [1.165, 1.54) is 25.7 Å². The molecule has 0 fully saturated rings. The van der Waals surface area contributed by atoms with Crippen molar-refractivity contribution in [2.75, 3.05) is 20.1 Å². The number of hydrogen-bond acceptors (Lipinski definition) is 2. The van der Waals surface area contributed by atoms with Gasteiger partial charge in [0.15, 0.2) is 5.96 Å². The van der Waals surface area contributed by atoms with E-state index in [1.807, 2.05) is 19.6 Å². The predicted molar refractivity (Wildman–Crippen MR) is 100 cm³/mol. The van der Waals surface area contributed by atoms with Crippen molar-refractivity contribution in [3.8, 4) is 0 Å². The van der Waals surface area contributed by atoms with E-state index in [9.17, 15) is 0 Å². The molecule has 1 heterocycles. The van der Waals surface area contributed by atoms with Crippen LogP contribution in [0, 0.1) is 5.92 Å². The molecule has 0 aromatic carbocycles. The van der Waals surface area contributed by atoms with Crippen LogP contribution in [0.25, 0.3) is 0 Å². The van der Waals surface area contributed by atoms with Crippen molar-refractivity contribution >= 4 is 29.9 Å². The highest BCUT2D eigenvalue weighted by molar-refractivity contribution is 14.0. The minimum Gasteiger partial charge on any atom is -0.356 e. The predicted octanol–water partition coefficient (Wildman–Crippen LogP) is 2.88. The third-order valence-electron chi connectivity index (χ3n) is 3.55. The maximum atomic E-state index is 4.26. The van der Waals surface area contributed by atoms with Gasteiger partial charge in [0.1, 0.15) is 0 Å². The van der Waals surface area contributed by atoms with Gasteiger partial charge in [-0.2, -0.15) is 0 Å². The lowest BCUT2D eigenvalue weighted by Gasteiger charge is -2.18. The smallest absolute Gasteiger partial charge is 0.191 e. The largest absolute Gasteiger partial charge is 0.356 e. The molecular formula is C15H30IN5. The van der Waals surface area contributed by atoms with Gasteiger partial charge in [-0.05, 0) is 12.3 Å². The van der Waals surface area contributed by atoms with Crippen LogP contribution in [0.5, 0.6) is 0 Å². The van der Waals surface area contributed by atoms with E-state index >= 15 is 0 Å². The molecular weight excluding hydrogens is 377 g/mol. The van der Waals surface area contributed by atoms with Crippen molar-refractivity contribution < 1.29 is 0 Å². The van der Waals surface area contributed by atoms with Gasteiger partial charge in [0.05, 0.1) is 6.33 Å². The number of nitrogens with zero attached hydrogens (tertiary/aromatic N) is 3. The van der Waals surface area contributed by atoms with Crippen LogP contribution >= 0.6 is 24.0 Å². The molecule has 0 spiro atoms. The van der Waals surface area contributed by atoms with Crippen LogP contribution in [0.15, 0.2) is 23.7 Å². The number of halogens is 1. The first-order chi connectivity index (χ1) is 9.80.